The SMILES string of the molecule is CN(C)C1(C(N)=O)CCN(CCC=C2c3ccccc3CCc3ccccc32)CC1. The fourth-order valence-electron chi connectivity index (χ4n) is 5.09. The van der Waals surface area contributed by atoms with Crippen LogP contribution in [0, 0.1) is 0 Å². The highest BCUT2D eigenvalue weighted by Crippen LogP contribution is 2.34. The second-order valence-electron chi connectivity index (χ2n) is 8.85. The van der Waals surface area contributed by atoms with Gasteiger partial charge in [-0.1, -0.05) is 54.6 Å². The van der Waals surface area contributed by atoms with Crippen molar-refractivity contribution in [3.8, 4) is 0 Å². The number of primary amides is 1. The van der Waals surface area contributed by atoms with Crippen LogP contribution in [0.4, 0.5) is 0 Å². The number of hydrogen-bond donors (Lipinski definition) is 1. The highest BCUT2D eigenvalue weighted by Gasteiger charge is 2.41. The number of fused-ring (bicyclic) bond motifs is 2. The lowest BCUT2D eigenvalue weighted by atomic mass is 9.85. The molecule has 30 heavy (non-hydrogen) atoms. The van der Waals surface area contributed by atoms with Gasteiger partial charge in [0.1, 0.15) is 5.54 Å². The second kappa shape index (κ2) is 8.75. The standard InChI is InChI=1S/C26H33N3O/c1-28(2)26(25(27)30)15-18-29(19-16-26)17-7-12-24-22-10-5-3-8-20(22)13-14-21-9-4-6-11-23(21)24/h3-6,8-12H,7,13-19H2,1-2H3,(H2,27,30). The minimum atomic E-state index is -0.492. The first-order chi connectivity index (χ1) is 14.5. The minimum Gasteiger partial charge on any atom is -0.368 e. The van der Waals surface area contributed by atoms with Crippen LogP contribution >= 0.6 is 0 Å². The summed E-state index contributed by atoms with van der Waals surface area (Å²) in [6.45, 7) is 2.84. The average Bonchev–Trinajstić information content (AvgIpc) is 2.91. The Morgan fingerprint density at radius 3 is 2.03 bits per heavy atom. The third kappa shape index (κ3) is 3.94. The first-order valence-electron chi connectivity index (χ1n) is 11.1. The average molecular weight is 404 g/mol. The van der Waals surface area contributed by atoms with E-state index in [-0.39, 0.29) is 5.91 Å². The number of carbonyl (C=O) groups is 1. The second-order valence-corrected chi connectivity index (χ2v) is 8.85. The van der Waals surface area contributed by atoms with Crippen LogP contribution in [-0.4, -0.2) is 55.0 Å². The van der Waals surface area contributed by atoms with Crippen LogP contribution in [0.5, 0.6) is 0 Å². The van der Waals surface area contributed by atoms with E-state index in [2.05, 4.69) is 59.5 Å². The third-order valence-corrected chi connectivity index (χ3v) is 7.07. The summed E-state index contributed by atoms with van der Waals surface area (Å²) in [7, 11) is 3.93. The lowest BCUT2D eigenvalue weighted by Crippen LogP contribution is -2.60. The molecule has 1 aliphatic heterocycles. The third-order valence-electron chi connectivity index (χ3n) is 7.07. The number of aryl methyl sites for hydroxylation is 2. The number of piperidine rings is 1. The molecule has 4 heteroatoms. The van der Waals surface area contributed by atoms with Crippen LogP contribution < -0.4 is 5.73 Å². The van der Waals surface area contributed by atoms with Crippen LogP contribution in [0.25, 0.3) is 5.57 Å². The Bertz CT molecular complexity index is 889. The Morgan fingerprint density at radius 1 is 1.00 bits per heavy atom. The molecule has 2 aromatic carbocycles. The van der Waals surface area contributed by atoms with Crippen molar-refractivity contribution in [3.05, 3.63) is 76.9 Å². The van der Waals surface area contributed by atoms with Crippen molar-refractivity contribution >= 4 is 11.5 Å². The van der Waals surface area contributed by atoms with Gasteiger partial charge in [-0.2, -0.15) is 0 Å². The summed E-state index contributed by atoms with van der Waals surface area (Å²) in [6, 6.07) is 17.7. The van der Waals surface area contributed by atoms with Gasteiger partial charge >= 0.3 is 0 Å². The summed E-state index contributed by atoms with van der Waals surface area (Å²) in [5, 5.41) is 0. The molecule has 158 valence electrons. The molecule has 0 unspecified atom stereocenters. The van der Waals surface area contributed by atoms with Gasteiger partial charge < -0.3 is 10.6 Å². The molecule has 0 radical (unpaired) electrons. The van der Waals surface area contributed by atoms with Crippen LogP contribution in [-0.2, 0) is 17.6 Å². The monoisotopic (exact) mass is 403 g/mol. The number of nitrogens with two attached hydrogens (primary N) is 1. The van der Waals surface area contributed by atoms with Crippen molar-refractivity contribution < 1.29 is 4.79 Å². The number of likely N-dealkylation sites (tertiary alicyclic amines) is 1. The van der Waals surface area contributed by atoms with E-state index in [4.69, 9.17) is 5.73 Å². The molecule has 0 spiro atoms. The number of carbonyl (C=O) groups excluding carboxylic acids is 1. The predicted octanol–water partition coefficient (Wildman–Crippen LogP) is 3.49. The van der Waals surface area contributed by atoms with Crippen molar-refractivity contribution in [1.29, 1.82) is 0 Å². The quantitative estimate of drug-likeness (QED) is 0.831. The largest absolute Gasteiger partial charge is 0.368 e. The molecule has 0 atom stereocenters. The highest BCUT2D eigenvalue weighted by atomic mass is 16.1. The Balaban J connectivity index is 1.50. The van der Waals surface area contributed by atoms with Crippen LogP contribution in [0.3, 0.4) is 0 Å². The van der Waals surface area contributed by atoms with Crippen LogP contribution in [0.1, 0.15) is 41.5 Å². The molecule has 2 N–H and O–H groups in total. The van der Waals surface area contributed by atoms with Crippen molar-refractivity contribution in [1.82, 2.24) is 9.80 Å². The summed E-state index contributed by atoms with van der Waals surface area (Å²) in [4.78, 5) is 16.5. The molecule has 1 heterocycles. The zero-order valence-electron chi connectivity index (χ0n) is 18.2. The lowest BCUT2D eigenvalue weighted by Gasteiger charge is -2.43. The number of rotatable bonds is 5. The van der Waals surface area contributed by atoms with E-state index in [0.29, 0.717) is 0 Å². The van der Waals surface area contributed by atoms with Gasteiger partial charge in [-0.05, 0) is 74.0 Å². The molecular weight excluding hydrogens is 370 g/mol. The van der Waals surface area contributed by atoms with Gasteiger partial charge in [0.25, 0.3) is 0 Å². The Morgan fingerprint density at radius 2 is 1.53 bits per heavy atom. The molecule has 0 saturated carbocycles. The van der Waals surface area contributed by atoms with Gasteiger partial charge in [0.2, 0.25) is 5.91 Å². The molecule has 2 aromatic rings. The Hall–Kier alpha value is -2.43. The topological polar surface area (TPSA) is 49.6 Å². The summed E-state index contributed by atoms with van der Waals surface area (Å²) < 4.78 is 0. The maximum Gasteiger partial charge on any atom is 0.238 e. The molecule has 1 fully saturated rings. The van der Waals surface area contributed by atoms with Crippen molar-refractivity contribution in [2.24, 2.45) is 5.73 Å². The zero-order chi connectivity index (χ0) is 21.1. The molecule has 1 saturated heterocycles. The van der Waals surface area contributed by atoms with Crippen LogP contribution in [0.15, 0.2) is 54.6 Å². The highest BCUT2D eigenvalue weighted by molar-refractivity contribution is 5.85. The van der Waals surface area contributed by atoms with E-state index in [9.17, 15) is 4.79 Å². The molecule has 4 rings (SSSR count). The van der Waals surface area contributed by atoms with Crippen molar-refractivity contribution in [3.63, 3.8) is 0 Å². The number of hydrogen-bond acceptors (Lipinski definition) is 3. The number of nitrogens with zero attached hydrogens (tertiary/aromatic N) is 2. The first kappa shape index (κ1) is 20.8. The summed E-state index contributed by atoms with van der Waals surface area (Å²) in [5.74, 6) is -0.194. The molecule has 0 aromatic heterocycles. The first-order valence-corrected chi connectivity index (χ1v) is 11.1. The van der Waals surface area contributed by atoms with Gasteiger partial charge in [-0.25, -0.2) is 0 Å². The fraction of sp³-hybridized carbons (Fsp3) is 0.423. The molecule has 1 amide bonds. The van der Waals surface area contributed by atoms with E-state index >= 15 is 0 Å². The Kier molecular flexibility index (Phi) is 6.07. The van der Waals surface area contributed by atoms with E-state index in [1.165, 1.54) is 27.8 Å². The number of amides is 1. The maximum absolute atomic E-state index is 12.1. The summed E-state index contributed by atoms with van der Waals surface area (Å²) in [6.07, 6.45) is 7.22. The molecule has 4 nitrogen and oxygen atoms in total. The summed E-state index contributed by atoms with van der Waals surface area (Å²) in [5.41, 5.74) is 12.3. The van der Waals surface area contributed by atoms with Crippen LogP contribution in [0.2, 0.25) is 0 Å². The Labute approximate surface area is 180 Å². The van der Waals surface area contributed by atoms with E-state index < -0.39 is 5.54 Å². The normalized spacial score (nSPS) is 18.4. The molecule has 0 bridgehead atoms. The number of benzene rings is 2. The van der Waals surface area contributed by atoms with Crippen molar-refractivity contribution in [2.45, 2.75) is 37.6 Å². The zero-order valence-corrected chi connectivity index (χ0v) is 18.2. The maximum atomic E-state index is 12.1. The van der Waals surface area contributed by atoms with Crippen molar-refractivity contribution in [2.75, 3.05) is 33.7 Å². The molecule has 1 aliphatic carbocycles. The van der Waals surface area contributed by atoms with Gasteiger partial charge in [-0.15, -0.1) is 0 Å². The van der Waals surface area contributed by atoms with E-state index in [1.54, 1.807) is 0 Å². The minimum absolute atomic E-state index is 0.194. The van der Waals surface area contributed by atoms with E-state index in [1.807, 2.05) is 19.0 Å². The fourth-order valence-corrected chi connectivity index (χ4v) is 5.09. The lowest BCUT2D eigenvalue weighted by molar-refractivity contribution is -0.131. The smallest absolute Gasteiger partial charge is 0.238 e. The van der Waals surface area contributed by atoms with Gasteiger partial charge in [0.05, 0.1) is 0 Å². The van der Waals surface area contributed by atoms with Gasteiger partial charge in [0.15, 0.2) is 0 Å². The van der Waals surface area contributed by atoms with E-state index in [0.717, 1.165) is 51.7 Å². The molecule has 2 aliphatic rings. The summed E-state index contributed by atoms with van der Waals surface area (Å²) >= 11 is 0. The number of likely N-dealkylation sites (N-methyl/N-ethyl adjacent to an activating group) is 1. The van der Waals surface area contributed by atoms with Gasteiger partial charge in [-0.3, -0.25) is 9.69 Å². The molecular formula is C26H33N3O. The van der Waals surface area contributed by atoms with Gasteiger partial charge in [0, 0.05) is 19.6 Å². The predicted molar refractivity (Wildman–Crippen MR) is 123 cm³/mol.